The maximum atomic E-state index is 12.9. The van der Waals surface area contributed by atoms with E-state index in [4.69, 9.17) is 4.42 Å². The fourth-order valence-corrected chi connectivity index (χ4v) is 3.05. The Morgan fingerprint density at radius 3 is 2.46 bits per heavy atom. The molecule has 0 fully saturated rings. The zero-order valence-electron chi connectivity index (χ0n) is 12.6. The Morgan fingerprint density at radius 1 is 1.12 bits per heavy atom. The zero-order chi connectivity index (χ0) is 17.1. The molecule has 24 heavy (non-hydrogen) atoms. The van der Waals surface area contributed by atoms with Gasteiger partial charge in [-0.15, -0.1) is 10.2 Å². The molecular formula is C17H12BrFN2O2S. The molecule has 7 heteroatoms. The minimum atomic E-state index is -0.423. The van der Waals surface area contributed by atoms with E-state index in [1.165, 1.54) is 36.0 Å². The van der Waals surface area contributed by atoms with Crippen molar-refractivity contribution < 1.29 is 13.6 Å². The van der Waals surface area contributed by atoms with Crippen molar-refractivity contribution >= 4 is 33.5 Å². The van der Waals surface area contributed by atoms with Gasteiger partial charge in [0.1, 0.15) is 5.82 Å². The number of carbonyl (C=O) groups excluding carboxylic acids is 1. The van der Waals surface area contributed by atoms with E-state index < -0.39 is 5.25 Å². The molecule has 0 saturated carbocycles. The number of thioether (sulfide) groups is 1. The number of benzene rings is 2. The predicted octanol–water partition coefficient (Wildman–Crippen LogP) is 5.00. The van der Waals surface area contributed by atoms with Crippen molar-refractivity contribution in [2.45, 2.75) is 17.4 Å². The smallest absolute Gasteiger partial charge is 0.277 e. The lowest BCUT2D eigenvalue weighted by atomic mass is 10.1. The Bertz CT molecular complexity index is 850. The van der Waals surface area contributed by atoms with Gasteiger partial charge in [0.25, 0.3) is 5.22 Å². The number of carbonyl (C=O) groups is 1. The molecule has 0 unspecified atom stereocenters. The molecule has 0 saturated heterocycles. The first-order chi connectivity index (χ1) is 11.5. The molecule has 0 aliphatic rings. The summed E-state index contributed by atoms with van der Waals surface area (Å²) in [7, 11) is 0. The first kappa shape index (κ1) is 16.9. The van der Waals surface area contributed by atoms with Gasteiger partial charge in [-0.2, -0.15) is 0 Å². The molecule has 0 N–H and O–H groups in total. The highest BCUT2D eigenvalue weighted by Gasteiger charge is 2.20. The summed E-state index contributed by atoms with van der Waals surface area (Å²) in [4.78, 5) is 12.3. The molecule has 3 rings (SSSR count). The van der Waals surface area contributed by atoms with E-state index in [-0.39, 0.29) is 11.6 Å². The van der Waals surface area contributed by atoms with Gasteiger partial charge in [0, 0.05) is 15.6 Å². The molecule has 4 nitrogen and oxygen atoms in total. The first-order valence-electron chi connectivity index (χ1n) is 7.09. The summed E-state index contributed by atoms with van der Waals surface area (Å²) < 4.78 is 19.5. The number of halogens is 2. The van der Waals surface area contributed by atoms with Gasteiger partial charge >= 0.3 is 0 Å². The minimum Gasteiger partial charge on any atom is -0.411 e. The van der Waals surface area contributed by atoms with Crippen LogP contribution in [0.25, 0.3) is 11.5 Å². The largest absolute Gasteiger partial charge is 0.411 e. The standard InChI is InChI=1S/C17H12BrFN2O2S/c1-10(15(22)11-4-8-14(19)9-5-11)24-17-21-20-16(23-17)12-2-6-13(18)7-3-12/h2-10H,1H3/t10-/m0/s1. The lowest BCUT2D eigenvalue weighted by molar-refractivity contribution is 0.0993. The van der Waals surface area contributed by atoms with Gasteiger partial charge in [0.05, 0.1) is 5.25 Å². The lowest BCUT2D eigenvalue weighted by Crippen LogP contribution is -2.13. The summed E-state index contributed by atoms with van der Waals surface area (Å²) in [5, 5.41) is 7.86. The maximum absolute atomic E-state index is 12.9. The fourth-order valence-electron chi connectivity index (χ4n) is 2.02. The third kappa shape index (κ3) is 3.91. The van der Waals surface area contributed by atoms with E-state index in [1.54, 1.807) is 6.92 Å². The van der Waals surface area contributed by atoms with Crippen molar-refractivity contribution in [1.29, 1.82) is 0 Å². The summed E-state index contributed by atoms with van der Waals surface area (Å²) in [5.41, 5.74) is 1.25. The van der Waals surface area contributed by atoms with E-state index in [0.29, 0.717) is 16.7 Å². The number of ketones is 1. The van der Waals surface area contributed by atoms with Crippen molar-refractivity contribution in [1.82, 2.24) is 10.2 Å². The van der Waals surface area contributed by atoms with Crippen LogP contribution >= 0.6 is 27.7 Å². The van der Waals surface area contributed by atoms with Crippen molar-refractivity contribution in [2.75, 3.05) is 0 Å². The van der Waals surface area contributed by atoms with Crippen LogP contribution in [-0.2, 0) is 0 Å². The summed E-state index contributed by atoms with van der Waals surface area (Å²) in [5.74, 6) is -0.0993. The molecule has 1 heterocycles. The number of hydrogen-bond acceptors (Lipinski definition) is 5. The summed E-state index contributed by atoms with van der Waals surface area (Å²) in [6.07, 6.45) is 0. The average molecular weight is 407 g/mol. The number of nitrogens with zero attached hydrogens (tertiary/aromatic N) is 2. The van der Waals surface area contributed by atoms with E-state index in [2.05, 4.69) is 26.1 Å². The number of aromatic nitrogens is 2. The van der Waals surface area contributed by atoms with Crippen LogP contribution in [-0.4, -0.2) is 21.2 Å². The van der Waals surface area contributed by atoms with Gasteiger partial charge in [-0.3, -0.25) is 4.79 Å². The Hall–Kier alpha value is -1.99. The fraction of sp³-hybridized carbons (Fsp3) is 0.118. The Labute approximate surface area is 150 Å². The SMILES string of the molecule is C[C@H](Sc1nnc(-c2ccc(Br)cc2)o1)C(=O)c1ccc(F)cc1. The molecule has 0 spiro atoms. The third-order valence-corrected chi connectivity index (χ3v) is 4.74. The zero-order valence-corrected chi connectivity index (χ0v) is 15.0. The van der Waals surface area contributed by atoms with Crippen LogP contribution in [0, 0.1) is 5.82 Å². The molecule has 0 aliphatic heterocycles. The molecule has 0 bridgehead atoms. The predicted molar refractivity (Wildman–Crippen MR) is 93.5 cm³/mol. The van der Waals surface area contributed by atoms with Crippen LogP contribution in [0.4, 0.5) is 4.39 Å². The molecule has 1 aromatic heterocycles. The van der Waals surface area contributed by atoms with Gasteiger partial charge in [-0.25, -0.2) is 4.39 Å². The van der Waals surface area contributed by atoms with Crippen LogP contribution in [0.1, 0.15) is 17.3 Å². The summed E-state index contributed by atoms with van der Waals surface area (Å²) >= 11 is 4.54. The monoisotopic (exact) mass is 406 g/mol. The number of hydrogen-bond donors (Lipinski definition) is 0. The second kappa shape index (κ2) is 7.27. The highest BCUT2D eigenvalue weighted by Crippen LogP contribution is 2.28. The van der Waals surface area contributed by atoms with Gasteiger partial charge in [-0.05, 0) is 55.5 Å². The van der Waals surface area contributed by atoms with E-state index in [9.17, 15) is 9.18 Å². The first-order valence-corrected chi connectivity index (χ1v) is 8.76. The van der Waals surface area contributed by atoms with Crippen molar-refractivity contribution in [3.63, 3.8) is 0 Å². The molecule has 3 aromatic rings. The highest BCUT2D eigenvalue weighted by molar-refractivity contribution is 9.10. The van der Waals surface area contributed by atoms with E-state index in [1.807, 2.05) is 24.3 Å². The molecule has 0 radical (unpaired) electrons. The minimum absolute atomic E-state index is 0.122. The van der Waals surface area contributed by atoms with Gasteiger partial charge in [-0.1, -0.05) is 27.7 Å². The van der Waals surface area contributed by atoms with Gasteiger partial charge in [0.15, 0.2) is 5.78 Å². The quantitative estimate of drug-likeness (QED) is 0.440. The molecule has 122 valence electrons. The van der Waals surface area contributed by atoms with Crippen LogP contribution < -0.4 is 0 Å². The van der Waals surface area contributed by atoms with Gasteiger partial charge in [0.2, 0.25) is 5.89 Å². The van der Waals surface area contributed by atoms with Gasteiger partial charge < -0.3 is 4.42 Å². The van der Waals surface area contributed by atoms with Crippen molar-refractivity contribution in [3.8, 4) is 11.5 Å². The van der Waals surface area contributed by atoms with Crippen LogP contribution in [0.5, 0.6) is 0 Å². The highest BCUT2D eigenvalue weighted by atomic mass is 79.9. The Balaban J connectivity index is 1.70. The molecule has 1 atom stereocenters. The third-order valence-electron chi connectivity index (χ3n) is 3.27. The molecular weight excluding hydrogens is 395 g/mol. The van der Waals surface area contributed by atoms with E-state index in [0.717, 1.165) is 10.0 Å². The van der Waals surface area contributed by atoms with Crippen LogP contribution in [0.2, 0.25) is 0 Å². The molecule has 0 aliphatic carbocycles. The lowest BCUT2D eigenvalue weighted by Gasteiger charge is -2.07. The second-order valence-corrected chi connectivity index (χ2v) is 7.22. The van der Waals surface area contributed by atoms with Crippen LogP contribution in [0.15, 0.2) is 62.6 Å². The normalized spacial score (nSPS) is 12.1. The summed E-state index contributed by atoms with van der Waals surface area (Å²) in [6, 6.07) is 13.0. The maximum Gasteiger partial charge on any atom is 0.277 e. The Morgan fingerprint density at radius 2 is 1.79 bits per heavy atom. The molecule has 2 aromatic carbocycles. The summed E-state index contributed by atoms with van der Waals surface area (Å²) in [6.45, 7) is 1.75. The average Bonchev–Trinajstić information content (AvgIpc) is 3.04. The van der Waals surface area contributed by atoms with Crippen molar-refractivity contribution in [2.24, 2.45) is 0 Å². The number of rotatable bonds is 5. The second-order valence-electron chi connectivity index (χ2n) is 5.01. The van der Waals surface area contributed by atoms with Crippen molar-refractivity contribution in [3.05, 3.63) is 64.4 Å². The number of Topliss-reactive ketones (excluding diaryl/α,β-unsaturated/α-hetero) is 1. The molecule has 0 amide bonds. The Kier molecular flexibility index (Phi) is 5.11. The topological polar surface area (TPSA) is 56.0 Å². The van der Waals surface area contributed by atoms with Crippen LogP contribution in [0.3, 0.4) is 0 Å². The van der Waals surface area contributed by atoms with E-state index >= 15 is 0 Å².